The largest absolute Gasteiger partial charge is 0.465 e. The monoisotopic (exact) mass is 456 g/mol. The summed E-state index contributed by atoms with van der Waals surface area (Å²) in [6.45, 7) is 3.90. The van der Waals surface area contributed by atoms with E-state index in [9.17, 15) is 13.2 Å². The normalized spacial score (nSPS) is 15.9. The highest BCUT2D eigenvalue weighted by molar-refractivity contribution is 7.89. The molecule has 32 heavy (non-hydrogen) atoms. The van der Waals surface area contributed by atoms with Crippen LogP contribution in [0.2, 0.25) is 0 Å². The summed E-state index contributed by atoms with van der Waals surface area (Å²) in [5.41, 5.74) is 1.10. The number of anilines is 1. The Morgan fingerprint density at radius 1 is 1.16 bits per heavy atom. The molecule has 1 N–H and O–H groups in total. The molecule has 10 heteroatoms. The molecule has 9 nitrogen and oxygen atoms in total. The van der Waals surface area contributed by atoms with Crippen molar-refractivity contribution in [2.45, 2.75) is 31.6 Å². The van der Waals surface area contributed by atoms with Crippen molar-refractivity contribution in [2.24, 2.45) is 5.92 Å². The van der Waals surface area contributed by atoms with Crippen LogP contribution in [0, 0.1) is 19.8 Å². The summed E-state index contributed by atoms with van der Waals surface area (Å²) in [4.78, 5) is 16.9. The first-order valence-electron chi connectivity index (χ1n) is 10.3. The predicted molar refractivity (Wildman–Crippen MR) is 118 cm³/mol. The molecule has 0 spiro atoms. The molecule has 1 amide bonds. The van der Waals surface area contributed by atoms with Gasteiger partial charge in [0.2, 0.25) is 15.9 Å². The number of carbonyl (C=O) groups excluding carboxylic acids is 1. The number of amides is 1. The van der Waals surface area contributed by atoms with E-state index in [1.54, 1.807) is 31.2 Å². The number of piperidine rings is 1. The molecule has 0 radical (unpaired) electrons. The lowest BCUT2D eigenvalue weighted by molar-refractivity contribution is -0.120. The second-order valence-corrected chi connectivity index (χ2v) is 9.52. The van der Waals surface area contributed by atoms with Gasteiger partial charge in [-0.25, -0.2) is 13.4 Å². The summed E-state index contributed by atoms with van der Waals surface area (Å²) in [5.74, 6) is 0.772. The quantitative estimate of drug-likeness (QED) is 0.603. The molecule has 1 aliphatic heterocycles. The van der Waals surface area contributed by atoms with Gasteiger partial charge in [-0.05, 0) is 63.1 Å². The van der Waals surface area contributed by atoms with Crippen LogP contribution in [0.15, 0.2) is 50.4 Å². The first-order chi connectivity index (χ1) is 15.3. The van der Waals surface area contributed by atoms with Crippen LogP contribution in [0.5, 0.6) is 0 Å². The highest BCUT2D eigenvalue weighted by atomic mass is 32.2. The van der Waals surface area contributed by atoms with Gasteiger partial charge in [0.1, 0.15) is 17.3 Å². The Labute approximate surface area is 186 Å². The third-order valence-corrected chi connectivity index (χ3v) is 7.40. The van der Waals surface area contributed by atoms with E-state index in [1.807, 2.05) is 19.1 Å². The van der Waals surface area contributed by atoms with Gasteiger partial charge in [-0.15, -0.1) is 0 Å². The molecule has 0 aromatic carbocycles. The first-order valence-corrected chi connectivity index (χ1v) is 11.7. The highest BCUT2D eigenvalue weighted by Gasteiger charge is 2.36. The van der Waals surface area contributed by atoms with Crippen LogP contribution in [-0.2, 0) is 14.8 Å². The van der Waals surface area contributed by atoms with Crippen molar-refractivity contribution in [1.29, 1.82) is 0 Å². The van der Waals surface area contributed by atoms with Gasteiger partial charge in [0, 0.05) is 24.7 Å². The Kier molecular flexibility index (Phi) is 6.24. The van der Waals surface area contributed by atoms with Crippen LogP contribution in [0.4, 0.5) is 5.82 Å². The summed E-state index contributed by atoms with van der Waals surface area (Å²) >= 11 is 0. The fourth-order valence-corrected chi connectivity index (χ4v) is 5.39. The van der Waals surface area contributed by atoms with E-state index >= 15 is 0 Å². The van der Waals surface area contributed by atoms with Gasteiger partial charge in [0.15, 0.2) is 10.7 Å². The number of rotatable bonds is 6. The number of nitrogens with one attached hydrogen (secondary N) is 1. The molecule has 0 saturated carbocycles. The van der Waals surface area contributed by atoms with Crippen LogP contribution in [0.1, 0.15) is 35.7 Å². The third kappa shape index (κ3) is 4.66. The van der Waals surface area contributed by atoms with Gasteiger partial charge in [0.25, 0.3) is 0 Å². The summed E-state index contributed by atoms with van der Waals surface area (Å²) in [6, 6.07) is 8.89. The van der Waals surface area contributed by atoms with E-state index < -0.39 is 10.0 Å². The number of nitrogens with zero attached hydrogens (tertiary/aromatic N) is 3. The number of pyridine rings is 1. The van der Waals surface area contributed by atoms with E-state index in [0.29, 0.717) is 24.4 Å². The average Bonchev–Trinajstić information content (AvgIpc) is 3.42. The molecular formula is C22H24N4O5S. The SMILES string of the molecule is Cc1cccc(NC(=O)C2CCN(S(=O)(=O)c3c(C)noc3/C=C/c3ccco3)CC2)n1. The van der Waals surface area contributed by atoms with Gasteiger partial charge in [-0.3, -0.25) is 4.79 Å². The van der Waals surface area contributed by atoms with Crippen molar-refractivity contribution in [3.05, 3.63) is 59.5 Å². The van der Waals surface area contributed by atoms with Gasteiger partial charge in [-0.1, -0.05) is 11.2 Å². The third-order valence-electron chi connectivity index (χ3n) is 5.34. The number of aryl methyl sites for hydroxylation is 2. The number of furan rings is 1. The van der Waals surface area contributed by atoms with E-state index in [1.165, 1.54) is 16.6 Å². The van der Waals surface area contributed by atoms with Crippen LogP contribution in [0.25, 0.3) is 12.2 Å². The molecule has 3 aromatic rings. The molecule has 3 aromatic heterocycles. The predicted octanol–water partition coefficient (Wildman–Crippen LogP) is 3.49. The molecule has 168 valence electrons. The zero-order valence-electron chi connectivity index (χ0n) is 17.8. The number of hydrogen-bond donors (Lipinski definition) is 1. The van der Waals surface area contributed by atoms with Gasteiger partial charge in [0.05, 0.1) is 6.26 Å². The molecule has 4 heterocycles. The number of sulfonamides is 1. The molecule has 0 bridgehead atoms. The fourth-order valence-electron chi connectivity index (χ4n) is 3.67. The maximum Gasteiger partial charge on any atom is 0.248 e. The van der Waals surface area contributed by atoms with E-state index in [4.69, 9.17) is 8.94 Å². The Bertz CT molecular complexity index is 1220. The number of carbonyl (C=O) groups is 1. The maximum atomic E-state index is 13.3. The average molecular weight is 457 g/mol. The molecule has 4 rings (SSSR count). The molecule has 1 saturated heterocycles. The lowest BCUT2D eigenvalue weighted by Gasteiger charge is -2.30. The second kappa shape index (κ2) is 9.09. The summed E-state index contributed by atoms with van der Waals surface area (Å²) in [5, 5.41) is 6.66. The van der Waals surface area contributed by atoms with Crippen molar-refractivity contribution >= 4 is 33.9 Å². The van der Waals surface area contributed by atoms with Crippen molar-refractivity contribution in [3.8, 4) is 0 Å². The van der Waals surface area contributed by atoms with Crippen LogP contribution < -0.4 is 5.32 Å². The first kappa shape index (κ1) is 22.0. The number of hydrogen-bond acceptors (Lipinski definition) is 7. The lowest BCUT2D eigenvalue weighted by Crippen LogP contribution is -2.41. The van der Waals surface area contributed by atoms with E-state index in [2.05, 4.69) is 15.5 Å². The summed E-state index contributed by atoms with van der Waals surface area (Å²) in [7, 11) is -3.83. The second-order valence-electron chi connectivity index (χ2n) is 7.64. The standard InChI is InChI=1S/C22H24N4O5S/c1-15-5-3-7-20(23-15)24-22(27)17-10-12-26(13-11-17)32(28,29)21-16(2)25-31-19(21)9-8-18-6-4-14-30-18/h3-9,14,17H,10-13H2,1-2H3,(H,23,24,27)/b9-8+. The van der Waals surface area contributed by atoms with Crippen LogP contribution in [0.3, 0.4) is 0 Å². The highest BCUT2D eigenvalue weighted by Crippen LogP contribution is 2.29. The Balaban J connectivity index is 1.44. The molecular weight excluding hydrogens is 432 g/mol. The molecule has 0 aliphatic carbocycles. The zero-order valence-corrected chi connectivity index (χ0v) is 18.6. The Morgan fingerprint density at radius 3 is 2.62 bits per heavy atom. The van der Waals surface area contributed by atoms with Gasteiger partial charge in [-0.2, -0.15) is 4.31 Å². The smallest absolute Gasteiger partial charge is 0.248 e. The van der Waals surface area contributed by atoms with Gasteiger partial charge >= 0.3 is 0 Å². The van der Waals surface area contributed by atoms with Crippen molar-refractivity contribution < 1.29 is 22.2 Å². The summed E-state index contributed by atoms with van der Waals surface area (Å²) < 4.78 is 38.5. The van der Waals surface area contributed by atoms with Crippen LogP contribution in [-0.4, -0.2) is 41.9 Å². The molecule has 0 atom stereocenters. The summed E-state index contributed by atoms with van der Waals surface area (Å²) in [6.07, 6.45) is 5.51. The topological polar surface area (TPSA) is 119 Å². The van der Waals surface area contributed by atoms with Crippen molar-refractivity contribution in [1.82, 2.24) is 14.4 Å². The van der Waals surface area contributed by atoms with Gasteiger partial charge < -0.3 is 14.3 Å². The zero-order chi connectivity index (χ0) is 22.7. The number of aromatic nitrogens is 2. The minimum absolute atomic E-state index is 0.0344. The molecule has 1 aliphatic rings. The molecule has 0 unspecified atom stereocenters. The van der Waals surface area contributed by atoms with Crippen LogP contribution >= 0.6 is 0 Å². The van der Waals surface area contributed by atoms with Crippen molar-refractivity contribution in [2.75, 3.05) is 18.4 Å². The van der Waals surface area contributed by atoms with Crippen molar-refractivity contribution in [3.63, 3.8) is 0 Å². The van der Waals surface area contributed by atoms with E-state index in [0.717, 1.165) is 5.69 Å². The maximum absolute atomic E-state index is 13.3. The van der Waals surface area contributed by atoms with E-state index in [-0.39, 0.29) is 41.3 Å². The molecule has 1 fully saturated rings. The fraction of sp³-hybridized carbons (Fsp3) is 0.318. The Hall–Kier alpha value is -3.24. The lowest BCUT2D eigenvalue weighted by atomic mass is 9.97. The minimum atomic E-state index is -3.83. The Morgan fingerprint density at radius 2 is 1.94 bits per heavy atom. The minimum Gasteiger partial charge on any atom is -0.465 e.